The van der Waals surface area contributed by atoms with Crippen LogP contribution < -0.4 is 36.1 Å². The van der Waals surface area contributed by atoms with Gasteiger partial charge >= 0.3 is 30.0 Å². The van der Waals surface area contributed by atoms with Crippen LogP contribution in [-0.4, -0.2) is 76.2 Å². The summed E-state index contributed by atoms with van der Waals surface area (Å²) >= 11 is 6.01. The van der Waals surface area contributed by atoms with Gasteiger partial charge in [-0.25, -0.2) is 4.79 Å². The first-order chi connectivity index (χ1) is 24.7. The van der Waals surface area contributed by atoms with E-state index in [4.69, 9.17) is 21.1 Å². The molecule has 1 heterocycles. The third-order valence-electron chi connectivity index (χ3n) is 7.51. The number of aliphatic carboxylic acids is 1. The minimum absolute atomic E-state index is 0.0196. The summed E-state index contributed by atoms with van der Waals surface area (Å²) < 4.78 is 48.6. The zero-order valence-electron chi connectivity index (χ0n) is 27.1. The number of amides is 3. The van der Waals surface area contributed by atoms with Gasteiger partial charge in [0.25, 0.3) is 5.91 Å². The largest absolute Gasteiger partial charge is 0.497 e. The molecule has 3 amide bonds. The number of nitrogens with one attached hydrogen (secondary N) is 5. The van der Waals surface area contributed by atoms with E-state index >= 15 is 0 Å². The Hall–Kier alpha value is -6.17. The molecule has 0 aliphatic heterocycles. The normalized spacial score (nSPS) is 13.6. The molecule has 5 rings (SSSR count). The van der Waals surface area contributed by atoms with Crippen LogP contribution in [-0.2, 0) is 19.9 Å². The number of methoxy groups -OCH3 is 1. The number of carboxylic acids is 1. The summed E-state index contributed by atoms with van der Waals surface area (Å²) in [6.45, 7) is -2.25. The molecule has 1 fully saturated rings. The maximum atomic E-state index is 12.9. The van der Waals surface area contributed by atoms with E-state index in [0.717, 1.165) is 5.56 Å². The van der Waals surface area contributed by atoms with Crippen LogP contribution in [0.4, 0.5) is 36.4 Å². The second-order valence-corrected chi connectivity index (χ2v) is 11.8. The third-order valence-corrected chi connectivity index (χ3v) is 7.76. The Labute approximate surface area is 298 Å². The molecule has 0 unspecified atom stereocenters. The molecule has 6 N–H and O–H groups in total. The summed E-state index contributed by atoms with van der Waals surface area (Å²) in [5, 5.41) is 22.9. The van der Waals surface area contributed by atoms with E-state index in [0.29, 0.717) is 35.0 Å². The SMILES string of the molecule is COc1ccc(NC(=O)C(=O)NC[C@H](NC(=O)c2ccc(Nc3nc(NC4(c5ccc(Cl)cc5)CC4)nc(OCC(F)(F)F)n3)cc2)C(=O)O)cc1. The average molecular weight is 743 g/mol. The summed E-state index contributed by atoms with van der Waals surface area (Å²) in [5.74, 6) is -4.18. The standard InChI is InChI=1S/C33H30ClF3N8O7/c1-51-23-12-10-21(11-13-23)39-27(48)26(47)38-16-24(28(49)50)41-25(46)18-2-8-22(9-3-18)40-29-42-30(44-31(43-29)52-17-33(35,36)37)45-32(14-15-32)19-4-6-20(34)7-5-19/h2-13,24H,14-17H2,1H3,(H,38,47)(H,39,48)(H,41,46)(H,49,50)(H2,40,42,43,44,45)/t24-/m0/s1. The van der Waals surface area contributed by atoms with Crippen molar-refractivity contribution in [1.29, 1.82) is 0 Å². The van der Waals surface area contributed by atoms with E-state index in [1.165, 1.54) is 43.5 Å². The van der Waals surface area contributed by atoms with Crippen molar-refractivity contribution >= 4 is 58.6 Å². The van der Waals surface area contributed by atoms with Crippen molar-refractivity contribution in [2.45, 2.75) is 30.6 Å². The molecular weight excluding hydrogens is 713 g/mol. The molecule has 19 heteroatoms. The van der Waals surface area contributed by atoms with Crippen LogP contribution in [0.15, 0.2) is 72.8 Å². The second-order valence-electron chi connectivity index (χ2n) is 11.3. The van der Waals surface area contributed by atoms with E-state index in [1.54, 1.807) is 24.3 Å². The van der Waals surface area contributed by atoms with Gasteiger partial charge in [-0.2, -0.15) is 28.1 Å². The highest BCUT2D eigenvalue weighted by molar-refractivity contribution is 6.39. The van der Waals surface area contributed by atoms with Crippen molar-refractivity contribution < 1.29 is 46.9 Å². The van der Waals surface area contributed by atoms with Gasteiger partial charge in [-0.1, -0.05) is 23.7 Å². The second kappa shape index (κ2) is 15.8. The van der Waals surface area contributed by atoms with Crippen LogP contribution >= 0.6 is 11.6 Å². The van der Waals surface area contributed by atoms with Crippen LogP contribution in [0.5, 0.6) is 11.8 Å². The van der Waals surface area contributed by atoms with Crippen molar-refractivity contribution in [2.24, 2.45) is 0 Å². The number of hydrogen-bond donors (Lipinski definition) is 6. The highest BCUT2D eigenvalue weighted by Gasteiger charge is 2.45. The van der Waals surface area contributed by atoms with Gasteiger partial charge < -0.3 is 41.2 Å². The van der Waals surface area contributed by atoms with Gasteiger partial charge in [-0.05, 0) is 79.1 Å². The minimum Gasteiger partial charge on any atom is -0.497 e. The summed E-state index contributed by atoms with van der Waals surface area (Å²) in [7, 11) is 1.46. The minimum atomic E-state index is -4.65. The number of aromatic nitrogens is 3. The lowest BCUT2D eigenvalue weighted by Gasteiger charge is -2.19. The number of anilines is 4. The van der Waals surface area contributed by atoms with Crippen LogP contribution in [0.1, 0.15) is 28.8 Å². The number of ether oxygens (including phenoxy) is 2. The molecule has 1 saturated carbocycles. The molecule has 1 aliphatic carbocycles. The van der Waals surface area contributed by atoms with Crippen molar-refractivity contribution in [3.63, 3.8) is 0 Å². The van der Waals surface area contributed by atoms with E-state index in [-0.39, 0.29) is 17.5 Å². The number of halogens is 4. The molecule has 52 heavy (non-hydrogen) atoms. The predicted octanol–water partition coefficient (Wildman–Crippen LogP) is 4.26. The highest BCUT2D eigenvalue weighted by Crippen LogP contribution is 2.48. The Balaban J connectivity index is 1.21. The fourth-order valence-electron chi connectivity index (χ4n) is 4.69. The molecule has 0 bridgehead atoms. The highest BCUT2D eigenvalue weighted by atomic mass is 35.5. The fraction of sp³-hybridized carbons (Fsp3) is 0.242. The Morgan fingerprint density at radius 2 is 1.52 bits per heavy atom. The van der Waals surface area contributed by atoms with E-state index in [9.17, 15) is 37.5 Å². The zero-order chi connectivity index (χ0) is 37.5. The lowest BCUT2D eigenvalue weighted by Crippen LogP contribution is -2.50. The maximum Gasteiger partial charge on any atom is 0.422 e. The van der Waals surface area contributed by atoms with E-state index in [2.05, 4.69) is 41.5 Å². The number of carbonyl (C=O) groups is 4. The third kappa shape index (κ3) is 10.2. The van der Waals surface area contributed by atoms with Crippen molar-refractivity contribution in [3.8, 4) is 11.8 Å². The quantitative estimate of drug-likeness (QED) is 0.100. The van der Waals surface area contributed by atoms with Crippen LogP contribution in [0.25, 0.3) is 0 Å². The maximum absolute atomic E-state index is 12.9. The Bertz CT molecular complexity index is 1930. The van der Waals surface area contributed by atoms with Gasteiger partial charge in [0.1, 0.15) is 11.8 Å². The van der Waals surface area contributed by atoms with Gasteiger partial charge in [0.2, 0.25) is 11.9 Å². The summed E-state index contributed by atoms with van der Waals surface area (Å²) in [6, 6.07) is 16.5. The number of benzene rings is 3. The first kappa shape index (κ1) is 37.1. The molecule has 1 aliphatic rings. The molecule has 272 valence electrons. The zero-order valence-corrected chi connectivity index (χ0v) is 27.8. The summed E-state index contributed by atoms with van der Waals surface area (Å²) in [6.07, 6.45) is -3.26. The summed E-state index contributed by atoms with van der Waals surface area (Å²) in [4.78, 5) is 61.4. The number of alkyl halides is 3. The molecule has 0 spiro atoms. The number of carbonyl (C=O) groups excluding carboxylic acids is 3. The van der Waals surface area contributed by atoms with Gasteiger partial charge in [0, 0.05) is 28.5 Å². The molecule has 3 aromatic carbocycles. The molecular formula is C33H30ClF3N8O7. The molecule has 0 radical (unpaired) electrons. The summed E-state index contributed by atoms with van der Waals surface area (Å²) in [5.41, 5.74) is 0.928. The molecule has 15 nitrogen and oxygen atoms in total. The fourth-order valence-corrected chi connectivity index (χ4v) is 4.81. The van der Waals surface area contributed by atoms with Crippen molar-refractivity contribution in [3.05, 3.63) is 88.9 Å². The lowest BCUT2D eigenvalue weighted by molar-refractivity contribution is -0.154. The first-order valence-corrected chi connectivity index (χ1v) is 15.7. The monoisotopic (exact) mass is 742 g/mol. The van der Waals surface area contributed by atoms with Crippen LogP contribution in [0.3, 0.4) is 0 Å². The van der Waals surface area contributed by atoms with E-state index < -0.39 is 60.6 Å². The van der Waals surface area contributed by atoms with Gasteiger partial charge in [-0.15, -0.1) is 0 Å². The smallest absolute Gasteiger partial charge is 0.422 e. The Kier molecular flexibility index (Phi) is 11.3. The van der Waals surface area contributed by atoms with E-state index in [1.807, 2.05) is 12.1 Å². The number of rotatable bonds is 14. The lowest BCUT2D eigenvalue weighted by atomic mass is 10.1. The molecule has 1 atom stereocenters. The first-order valence-electron chi connectivity index (χ1n) is 15.4. The van der Waals surface area contributed by atoms with Gasteiger partial charge in [0.05, 0.1) is 12.6 Å². The van der Waals surface area contributed by atoms with Crippen molar-refractivity contribution in [1.82, 2.24) is 25.6 Å². The Morgan fingerprint density at radius 1 is 0.885 bits per heavy atom. The van der Waals surface area contributed by atoms with Crippen LogP contribution in [0, 0.1) is 0 Å². The number of carboxylic acid groups (broad SMARTS) is 1. The molecule has 4 aromatic rings. The molecule has 1 aromatic heterocycles. The average Bonchev–Trinajstić information content (AvgIpc) is 3.89. The topological polar surface area (TPSA) is 206 Å². The predicted molar refractivity (Wildman–Crippen MR) is 181 cm³/mol. The number of nitrogens with zero attached hydrogens (tertiary/aromatic N) is 3. The Morgan fingerprint density at radius 3 is 2.12 bits per heavy atom. The molecule has 0 saturated heterocycles. The van der Waals surface area contributed by atoms with Gasteiger partial charge in [-0.3, -0.25) is 14.4 Å². The van der Waals surface area contributed by atoms with Gasteiger partial charge in [0.15, 0.2) is 6.61 Å². The van der Waals surface area contributed by atoms with Crippen LogP contribution in [0.2, 0.25) is 5.02 Å². The number of hydrogen-bond acceptors (Lipinski definition) is 11. The van der Waals surface area contributed by atoms with Crippen molar-refractivity contribution in [2.75, 3.05) is 36.2 Å².